The molecule has 1 aromatic rings. The van der Waals surface area contributed by atoms with Gasteiger partial charge in [0.05, 0.1) is 6.61 Å². The summed E-state index contributed by atoms with van der Waals surface area (Å²) in [6, 6.07) is 5.53. The first-order valence-corrected chi connectivity index (χ1v) is 4.86. The van der Waals surface area contributed by atoms with E-state index in [1.54, 1.807) is 12.1 Å². The maximum atomic E-state index is 8.81. The predicted molar refractivity (Wildman–Crippen MR) is 55.7 cm³/mol. The van der Waals surface area contributed by atoms with E-state index in [0.29, 0.717) is 31.3 Å². The quantitative estimate of drug-likeness (QED) is 0.688. The van der Waals surface area contributed by atoms with E-state index in [1.807, 2.05) is 19.9 Å². The Morgan fingerprint density at radius 1 is 1.40 bits per heavy atom. The van der Waals surface area contributed by atoms with Gasteiger partial charge in [-0.25, -0.2) is 4.98 Å². The monoisotopic (exact) mass is 206 g/mol. The molecule has 0 atom stereocenters. The van der Waals surface area contributed by atoms with Crippen LogP contribution in [0.3, 0.4) is 0 Å². The lowest BCUT2D eigenvalue weighted by molar-refractivity contribution is 0.108. The van der Waals surface area contributed by atoms with Crippen LogP contribution in [0.2, 0.25) is 0 Å². The SMILES string of the molecule is CCOCCOc1nc(C)ccc1C#N. The summed E-state index contributed by atoms with van der Waals surface area (Å²) in [6.45, 7) is 5.37. The fraction of sp³-hybridized carbons (Fsp3) is 0.455. The molecule has 0 amide bonds. The van der Waals surface area contributed by atoms with Gasteiger partial charge in [0, 0.05) is 12.3 Å². The third-order valence-electron chi connectivity index (χ3n) is 1.79. The van der Waals surface area contributed by atoms with Crippen molar-refractivity contribution in [3.8, 4) is 11.9 Å². The highest BCUT2D eigenvalue weighted by Gasteiger charge is 2.04. The fourth-order valence-electron chi connectivity index (χ4n) is 1.07. The summed E-state index contributed by atoms with van der Waals surface area (Å²) in [7, 11) is 0. The Balaban J connectivity index is 2.59. The van der Waals surface area contributed by atoms with E-state index in [1.165, 1.54) is 0 Å². The Morgan fingerprint density at radius 3 is 2.87 bits per heavy atom. The molecule has 4 heteroatoms. The normalized spacial score (nSPS) is 9.67. The zero-order chi connectivity index (χ0) is 11.1. The highest BCUT2D eigenvalue weighted by atomic mass is 16.5. The molecule has 0 radical (unpaired) electrons. The molecular formula is C11H14N2O2. The van der Waals surface area contributed by atoms with Gasteiger partial charge >= 0.3 is 0 Å². The van der Waals surface area contributed by atoms with Crippen molar-refractivity contribution < 1.29 is 9.47 Å². The van der Waals surface area contributed by atoms with E-state index < -0.39 is 0 Å². The van der Waals surface area contributed by atoms with Gasteiger partial charge in [0.25, 0.3) is 0 Å². The minimum Gasteiger partial charge on any atom is -0.474 e. The molecule has 4 nitrogen and oxygen atoms in total. The van der Waals surface area contributed by atoms with Crippen molar-refractivity contribution in [1.82, 2.24) is 4.98 Å². The number of rotatable bonds is 5. The molecule has 0 saturated heterocycles. The zero-order valence-corrected chi connectivity index (χ0v) is 8.99. The molecule has 0 aliphatic carbocycles. The van der Waals surface area contributed by atoms with Crippen LogP contribution in [0.5, 0.6) is 5.88 Å². The van der Waals surface area contributed by atoms with Crippen LogP contribution in [-0.4, -0.2) is 24.8 Å². The third-order valence-corrected chi connectivity index (χ3v) is 1.79. The van der Waals surface area contributed by atoms with Crippen molar-refractivity contribution in [2.45, 2.75) is 13.8 Å². The van der Waals surface area contributed by atoms with Crippen molar-refractivity contribution in [3.05, 3.63) is 23.4 Å². The predicted octanol–water partition coefficient (Wildman–Crippen LogP) is 1.68. The van der Waals surface area contributed by atoms with Crippen molar-refractivity contribution in [2.24, 2.45) is 0 Å². The molecule has 1 heterocycles. The molecule has 80 valence electrons. The first kappa shape index (κ1) is 11.5. The maximum Gasteiger partial charge on any atom is 0.231 e. The second kappa shape index (κ2) is 5.99. The highest BCUT2D eigenvalue weighted by molar-refractivity contribution is 5.38. The van der Waals surface area contributed by atoms with Gasteiger partial charge in [-0.05, 0) is 26.0 Å². The number of aryl methyl sites for hydroxylation is 1. The summed E-state index contributed by atoms with van der Waals surface area (Å²) in [5, 5.41) is 8.81. The van der Waals surface area contributed by atoms with E-state index in [2.05, 4.69) is 4.98 Å². The van der Waals surface area contributed by atoms with Gasteiger partial charge in [-0.1, -0.05) is 0 Å². The Labute approximate surface area is 89.5 Å². The topological polar surface area (TPSA) is 55.1 Å². The van der Waals surface area contributed by atoms with Crippen LogP contribution in [0.15, 0.2) is 12.1 Å². The summed E-state index contributed by atoms with van der Waals surface area (Å²) in [4.78, 5) is 4.14. The van der Waals surface area contributed by atoms with Crippen LogP contribution in [0.25, 0.3) is 0 Å². The average Bonchev–Trinajstić information content (AvgIpc) is 2.25. The smallest absolute Gasteiger partial charge is 0.231 e. The first-order chi connectivity index (χ1) is 7.27. The number of ether oxygens (including phenoxy) is 2. The van der Waals surface area contributed by atoms with E-state index in [9.17, 15) is 0 Å². The minimum atomic E-state index is 0.386. The van der Waals surface area contributed by atoms with Gasteiger partial charge in [-0.15, -0.1) is 0 Å². The summed E-state index contributed by atoms with van der Waals surface area (Å²) >= 11 is 0. The summed E-state index contributed by atoms with van der Waals surface area (Å²) in [5.41, 5.74) is 1.29. The van der Waals surface area contributed by atoms with Crippen molar-refractivity contribution in [2.75, 3.05) is 19.8 Å². The molecule has 0 bridgehead atoms. The summed E-state index contributed by atoms with van der Waals surface area (Å²) in [5.74, 6) is 0.386. The number of nitriles is 1. The molecule has 0 aromatic carbocycles. The van der Waals surface area contributed by atoms with E-state index in [0.717, 1.165) is 5.69 Å². The molecular weight excluding hydrogens is 192 g/mol. The number of aromatic nitrogens is 1. The molecule has 1 rings (SSSR count). The van der Waals surface area contributed by atoms with Crippen molar-refractivity contribution in [3.63, 3.8) is 0 Å². The largest absolute Gasteiger partial charge is 0.474 e. The second-order valence-corrected chi connectivity index (χ2v) is 2.96. The molecule has 0 spiro atoms. The van der Waals surface area contributed by atoms with Crippen LogP contribution in [0, 0.1) is 18.3 Å². The Hall–Kier alpha value is -1.60. The van der Waals surface area contributed by atoms with Gasteiger partial charge in [0.2, 0.25) is 5.88 Å². The van der Waals surface area contributed by atoms with Crippen LogP contribution < -0.4 is 4.74 Å². The second-order valence-electron chi connectivity index (χ2n) is 2.96. The van der Waals surface area contributed by atoms with Crippen LogP contribution in [0.1, 0.15) is 18.2 Å². The average molecular weight is 206 g/mol. The minimum absolute atomic E-state index is 0.386. The molecule has 0 unspecified atom stereocenters. The molecule has 1 aromatic heterocycles. The third kappa shape index (κ3) is 3.56. The van der Waals surface area contributed by atoms with E-state index in [-0.39, 0.29) is 0 Å². The Morgan fingerprint density at radius 2 is 2.20 bits per heavy atom. The molecule has 0 fully saturated rings. The van der Waals surface area contributed by atoms with Crippen LogP contribution in [0.4, 0.5) is 0 Å². The van der Waals surface area contributed by atoms with Gasteiger partial charge in [0.15, 0.2) is 0 Å². The Kier molecular flexibility index (Phi) is 4.58. The number of nitrogens with zero attached hydrogens (tertiary/aromatic N) is 2. The standard InChI is InChI=1S/C11H14N2O2/c1-3-14-6-7-15-11-10(8-12)5-4-9(2)13-11/h4-5H,3,6-7H2,1-2H3. The van der Waals surface area contributed by atoms with Gasteiger partial charge < -0.3 is 9.47 Å². The van der Waals surface area contributed by atoms with Crippen molar-refractivity contribution >= 4 is 0 Å². The molecule has 0 saturated carbocycles. The zero-order valence-electron chi connectivity index (χ0n) is 8.99. The molecule has 0 aliphatic heterocycles. The lowest BCUT2D eigenvalue weighted by Crippen LogP contribution is -2.08. The lowest BCUT2D eigenvalue weighted by Gasteiger charge is -2.07. The highest BCUT2D eigenvalue weighted by Crippen LogP contribution is 2.14. The molecule has 0 aliphatic rings. The van der Waals surface area contributed by atoms with E-state index >= 15 is 0 Å². The van der Waals surface area contributed by atoms with Crippen LogP contribution >= 0.6 is 0 Å². The van der Waals surface area contributed by atoms with Gasteiger partial charge in [-0.3, -0.25) is 0 Å². The Bertz CT molecular complexity index is 358. The molecule has 0 N–H and O–H groups in total. The number of hydrogen-bond donors (Lipinski definition) is 0. The first-order valence-electron chi connectivity index (χ1n) is 4.86. The fourth-order valence-corrected chi connectivity index (χ4v) is 1.07. The van der Waals surface area contributed by atoms with E-state index in [4.69, 9.17) is 14.7 Å². The summed E-state index contributed by atoms with van der Waals surface area (Å²) in [6.07, 6.45) is 0. The van der Waals surface area contributed by atoms with Gasteiger partial charge in [-0.2, -0.15) is 5.26 Å². The lowest BCUT2D eigenvalue weighted by atomic mass is 10.2. The maximum absolute atomic E-state index is 8.81. The van der Waals surface area contributed by atoms with Crippen LogP contribution in [-0.2, 0) is 4.74 Å². The molecule has 15 heavy (non-hydrogen) atoms. The summed E-state index contributed by atoms with van der Waals surface area (Å²) < 4.78 is 10.5. The van der Waals surface area contributed by atoms with Crippen molar-refractivity contribution in [1.29, 1.82) is 5.26 Å². The number of pyridine rings is 1. The van der Waals surface area contributed by atoms with Gasteiger partial charge in [0.1, 0.15) is 18.2 Å². The number of hydrogen-bond acceptors (Lipinski definition) is 4.